The van der Waals surface area contributed by atoms with E-state index < -0.39 is 0 Å². The Morgan fingerprint density at radius 3 is 1.29 bits per heavy atom. The first kappa shape index (κ1) is 25.9. The molecule has 1 aromatic rings. The minimum atomic E-state index is 0.542. The number of phenolic OH excluding ortho intramolecular Hbond substituents is 1. The van der Waals surface area contributed by atoms with E-state index in [0.29, 0.717) is 5.75 Å². The summed E-state index contributed by atoms with van der Waals surface area (Å²) in [5.41, 5.74) is 3.66. The minimum absolute atomic E-state index is 0.542. The molecule has 0 aromatic heterocycles. The van der Waals surface area contributed by atoms with Crippen LogP contribution in [-0.2, 0) is 33.5 Å². The van der Waals surface area contributed by atoms with E-state index in [1.54, 1.807) is 0 Å². The Bertz CT molecular complexity index is 669. The third-order valence-electron chi connectivity index (χ3n) is 7.42. The number of hydrogen-bond acceptors (Lipinski definition) is 7. The SMILES string of the molecule is Oc1c(CCCN2CCOCC2)cc(CCCN2CCOCC2)cc1CCCN1CCOCC1. The third-order valence-corrected chi connectivity index (χ3v) is 7.42. The normalized spacial score (nSPS) is 21.2. The molecule has 0 bridgehead atoms. The van der Waals surface area contributed by atoms with E-state index in [-0.39, 0.29) is 0 Å². The maximum absolute atomic E-state index is 11.1. The first-order valence-corrected chi connectivity index (χ1v) is 13.5. The van der Waals surface area contributed by atoms with E-state index in [0.717, 1.165) is 148 Å². The average molecular weight is 476 g/mol. The van der Waals surface area contributed by atoms with Crippen LogP contribution in [0.3, 0.4) is 0 Å². The van der Waals surface area contributed by atoms with Crippen molar-refractivity contribution < 1.29 is 19.3 Å². The molecule has 3 heterocycles. The van der Waals surface area contributed by atoms with Crippen LogP contribution in [0.25, 0.3) is 0 Å². The van der Waals surface area contributed by atoms with E-state index in [4.69, 9.17) is 14.2 Å². The molecule has 3 saturated heterocycles. The topological polar surface area (TPSA) is 57.6 Å². The van der Waals surface area contributed by atoms with Gasteiger partial charge in [0.15, 0.2) is 0 Å². The van der Waals surface area contributed by atoms with Crippen LogP contribution in [-0.4, -0.2) is 118 Å². The van der Waals surface area contributed by atoms with Crippen molar-refractivity contribution in [2.24, 2.45) is 0 Å². The Labute approximate surface area is 205 Å². The average Bonchev–Trinajstić information content (AvgIpc) is 2.88. The lowest BCUT2D eigenvalue weighted by Crippen LogP contribution is -2.37. The van der Waals surface area contributed by atoms with Gasteiger partial charge in [-0.2, -0.15) is 0 Å². The molecule has 7 heteroatoms. The second-order valence-electron chi connectivity index (χ2n) is 9.94. The Morgan fingerprint density at radius 2 is 0.912 bits per heavy atom. The zero-order valence-corrected chi connectivity index (χ0v) is 21.0. The Hall–Kier alpha value is -1.22. The van der Waals surface area contributed by atoms with E-state index in [2.05, 4.69) is 26.8 Å². The van der Waals surface area contributed by atoms with Crippen molar-refractivity contribution in [3.63, 3.8) is 0 Å². The molecule has 0 radical (unpaired) electrons. The van der Waals surface area contributed by atoms with Crippen molar-refractivity contribution in [1.82, 2.24) is 14.7 Å². The standard InChI is InChI=1S/C27H45N3O4/c31-27-25(5-2-8-29-12-18-33-19-13-29)22-24(4-1-7-28-10-16-32-17-11-28)23-26(27)6-3-9-30-14-20-34-21-15-30/h22-23,31H,1-21H2. The number of phenols is 1. The lowest BCUT2D eigenvalue weighted by Gasteiger charge is -2.27. The van der Waals surface area contributed by atoms with Gasteiger partial charge in [-0.25, -0.2) is 0 Å². The molecule has 0 aliphatic carbocycles. The monoisotopic (exact) mass is 475 g/mol. The molecule has 0 spiro atoms. The molecule has 3 aliphatic heterocycles. The van der Waals surface area contributed by atoms with Crippen LogP contribution in [0.4, 0.5) is 0 Å². The highest BCUT2D eigenvalue weighted by molar-refractivity contribution is 5.44. The number of aryl methyl sites for hydroxylation is 3. The van der Waals surface area contributed by atoms with Gasteiger partial charge in [0.1, 0.15) is 5.75 Å². The van der Waals surface area contributed by atoms with Crippen LogP contribution >= 0.6 is 0 Å². The first-order valence-electron chi connectivity index (χ1n) is 13.5. The smallest absolute Gasteiger partial charge is 0.121 e. The van der Waals surface area contributed by atoms with Gasteiger partial charge < -0.3 is 19.3 Å². The highest BCUT2D eigenvalue weighted by Crippen LogP contribution is 2.28. The molecule has 7 nitrogen and oxygen atoms in total. The predicted molar refractivity (Wildman–Crippen MR) is 135 cm³/mol. The molecular formula is C27H45N3O4. The van der Waals surface area contributed by atoms with E-state index in [1.807, 2.05) is 0 Å². The zero-order valence-electron chi connectivity index (χ0n) is 21.0. The molecule has 0 amide bonds. The number of benzene rings is 1. The van der Waals surface area contributed by atoms with Crippen molar-refractivity contribution in [3.8, 4) is 5.75 Å². The summed E-state index contributed by atoms with van der Waals surface area (Å²) in [7, 11) is 0. The van der Waals surface area contributed by atoms with Crippen molar-refractivity contribution in [3.05, 3.63) is 28.8 Å². The van der Waals surface area contributed by atoms with Gasteiger partial charge in [0.2, 0.25) is 0 Å². The van der Waals surface area contributed by atoms with Crippen LogP contribution in [0, 0.1) is 0 Å². The summed E-state index contributed by atoms with van der Waals surface area (Å²) >= 11 is 0. The van der Waals surface area contributed by atoms with Crippen LogP contribution in [0.15, 0.2) is 12.1 Å². The molecule has 3 fully saturated rings. The summed E-state index contributed by atoms with van der Waals surface area (Å²) in [6, 6.07) is 4.55. The van der Waals surface area contributed by atoms with Gasteiger partial charge in [0, 0.05) is 39.3 Å². The number of morpholine rings is 3. The molecule has 3 aliphatic rings. The van der Waals surface area contributed by atoms with E-state index in [9.17, 15) is 5.11 Å². The highest BCUT2D eigenvalue weighted by atomic mass is 16.5. The lowest BCUT2D eigenvalue weighted by molar-refractivity contribution is 0.0374. The fraction of sp³-hybridized carbons (Fsp3) is 0.778. The van der Waals surface area contributed by atoms with Crippen LogP contribution in [0.1, 0.15) is 36.0 Å². The van der Waals surface area contributed by atoms with Gasteiger partial charge in [-0.05, 0) is 74.8 Å². The van der Waals surface area contributed by atoms with Crippen molar-refractivity contribution in [2.45, 2.75) is 38.5 Å². The second kappa shape index (κ2) is 14.4. The van der Waals surface area contributed by atoms with Crippen LogP contribution in [0.2, 0.25) is 0 Å². The Morgan fingerprint density at radius 1 is 0.559 bits per heavy atom. The lowest BCUT2D eigenvalue weighted by atomic mass is 9.95. The fourth-order valence-electron chi connectivity index (χ4n) is 5.33. The largest absolute Gasteiger partial charge is 0.507 e. The summed E-state index contributed by atoms with van der Waals surface area (Å²) in [6.07, 6.45) is 6.28. The molecule has 0 saturated carbocycles. The molecule has 192 valence electrons. The van der Waals surface area contributed by atoms with Crippen LogP contribution < -0.4 is 0 Å². The van der Waals surface area contributed by atoms with E-state index in [1.165, 1.54) is 5.56 Å². The summed E-state index contributed by atoms with van der Waals surface area (Å²) in [4.78, 5) is 7.47. The number of ether oxygens (including phenoxy) is 3. The maximum Gasteiger partial charge on any atom is 0.121 e. The third kappa shape index (κ3) is 8.47. The summed E-state index contributed by atoms with van der Waals surface area (Å²) in [6.45, 7) is 14.6. The van der Waals surface area contributed by atoms with Crippen molar-refractivity contribution in [2.75, 3.05) is 98.5 Å². The van der Waals surface area contributed by atoms with Gasteiger partial charge in [0.25, 0.3) is 0 Å². The molecule has 0 unspecified atom stereocenters. The van der Waals surface area contributed by atoms with E-state index >= 15 is 0 Å². The first-order chi connectivity index (χ1) is 16.8. The maximum atomic E-state index is 11.1. The molecular weight excluding hydrogens is 430 g/mol. The molecule has 4 rings (SSSR count). The quantitative estimate of drug-likeness (QED) is 0.497. The highest BCUT2D eigenvalue weighted by Gasteiger charge is 2.15. The van der Waals surface area contributed by atoms with Crippen molar-refractivity contribution >= 4 is 0 Å². The van der Waals surface area contributed by atoms with Gasteiger partial charge in [-0.1, -0.05) is 12.1 Å². The summed E-state index contributed by atoms with van der Waals surface area (Å²) in [5, 5.41) is 11.1. The predicted octanol–water partition coefficient (Wildman–Crippen LogP) is 2.19. The number of rotatable bonds is 12. The van der Waals surface area contributed by atoms with Gasteiger partial charge >= 0.3 is 0 Å². The minimum Gasteiger partial charge on any atom is -0.507 e. The molecule has 0 atom stereocenters. The number of nitrogens with zero attached hydrogens (tertiary/aromatic N) is 3. The zero-order chi connectivity index (χ0) is 23.4. The molecule has 1 aromatic carbocycles. The molecule has 34 heavy (non-hydrogen) atoms. The fourth-order valence-corrected chi connectivity index (χ4v) is 5.33. The number of aromatic hydroxyl groups is 1. The van der Waals surface area contributed by atoms with Gasteiger partial charge in [0.05, 0.1) is 39.6 Å². The number of hydrogen-bond donors (Lipinski definition) is 1. The molecule has 1 N–H and O–H groups in total. The van der Waals surface area contributed by atoms with Crippen molar-refractivity contribution in [1.29, 1.82) is 0 Å². The van der Waals surface area contributed by atoms with Gasteiger partial charge in [-0.3, -0.25) is 14.7 Å². The summed E-state index contributed by atoms with van der Waals surface area (Å²) < 4.78 is 16.4. The summed E-state index contributed by atoms with van der Waals surface area (Å²) in [5.74, 6) is 0.542. The van der Waals surface area contributed by atoms with Gasteiger partial charge in [-0.15, -0.1) is 0 Å². The van der Waals surface area contributed by atoms with Crippen LogP contribution in [0.5, 0.6) is 5.75 Å². The Balaban J connectivity index is 1.33. The second-order valence-corrected chi connectivity index (χ2v) is 9.94. The Kier molecular flexibility index (Phi) is 10.9.